The third-order valence-corrected chi connectivity index (χ3v) is 6.34. The highest BCUT2D eigenvalue weighted by molar-refractivity contribution is 7.19. The lowest BCUT2D eigenvalue weighted by Crippen LogP contribution is -2.52. The topological polar surface area (TPSA) is 97.2 Å². The largest absolute Gasteiger partial charge is 0.322 e. The molecule has 0 radical (unpaired) electrons. The maximum atomic E-state index is 12.8. The van der Waals surface area contributed by atoms with E-state index in [1.54, 1.807) is 23.0 Å². The number of imide groups is 1. The lowest BCUT2D eigenvalue weighted by molar-refractivity contribution is -0.136. The van der Waals surface area contributed by atoms with Gasteiger partial charge in [-0.2, -0.15) is 0 Å². The summed E-state index contributed by atoms with van der Waals surface area (Å²) in [4.78, 5) is 38.8. The fourth-order valence-electron chi connectivity index (χ4n) is 3.66. The number of benzene rings is 1. The lowest BCUT2D eigenvalue weighted by atomic mass is 10.0. The predicted molar refractivity (Wildman–Crippen MR) is 106 cm³/mol. The summed E-state index contributed by atoms with van der Waals surface area (Å²) in [5.41, 5.74) is 2.85. The van der Waals surface area contributed by atoms with E-state index in [1.807, 2.05) is 18.2 Å². The van der Waals surface area contributed by atoms with Crippen LogP contribution in [0.3, 0.4) is 0 Å². The van der Waals surface area contributed by atoms with E-state index in [4.69, 9.17) is 11.6 Å². The van der Waals surface area contributed by atoms with Crippen molar-refractivity contribution in [3.05, 3.63) is 52.0 Å². The third kappa shape index (κ3) is 3.12. The number of aromatic nitrogens is 3. The van der Waals surface area contributed by atoms with Gasteiger partial charge in [-0.1, -0.05) is 16.8 Å². The summed E-state index contributed by atoms with van der Waals surface area (Å²) in [5.74, 6) is -0.918. The summed E-state index contributed by atoms with van der Waals surface area (Å²) in [5, 5.41) is 10.7. The number of nitrogens with one attached hydrogen (secondary N) is 1. The Labute approximate surface area is 174 Å². The molecule has 4 heterocycles. The molecule has 2 aliphatic heterocycles. The van der Waals surface area contributed by atoms with Crippen LogP contribution in [0, 0.1) is 0 Å². The molecule has 1 fully saturated rings. The van der Waals surface area contributed by atoms with E-state index in [2.05, 4.69) is 15.6 Å². The highest BCUT2D eigenvalue weighted by Gasteiger charge is 2.39. The molecule has 0 bridgehead atoms. The summed E-state index contributed by atoms with van der Waals surface area (Å²) in [6.07, 6.45) is 2.38. The van der Waals surface area contributed by atoms with Gasteiger partial charge in [0.25, 0.3) is 5.91 Å². The van der Waals surface area contributed by atoms with Crippen LogP contribution in [0.15, 0.2) is 36.5 Å². The van der Waals surface area contributed by atoms with Crippen molar-refractivity contribution in [2.45, 2.75) is 25.4 Å². The van der Waals surface area contributed by atoms with Crippen LogP contribution in [0.4, 0.5) is 0 Å². The number of hydrogen-bond donors (Lipinski definition) is 1. The molecule has 0 spiro atoms. The normalized spacial score (nSPS) is 18.9. The molecule has 0 saturated carbocycles. The molecule has 2 aromatic heterocycles. The number of carbonyl (C=O) groups is 3. The molecule has 8 nitrogen and oxygen atoms in total. The van der Waals surface area contributed by atoms with Crippen molar-refractivity contribution in [1.82, 2.24) is 25.2 Å². The fourth-order valence-corrected chi connectivity index (χ4v) is 4.65. The second-order valence-electron chi connectivity index (χ2n) is 6.89. The lowest BCUT2D eigenvalue weighted by Gasteiger charge is -2.29. The average Bonchev–Trinajstić information content (AvgIpc) is 3.41. The number of fused-ring (bicyclic) bond motifs is 1. The molecule has 10 heteroatoms. The van der Waals surface area contributed by atoms with Crippen LogP contribution in [0.5, 0.6) is 0 Å². The Morgan fingerprint density at radius 3 is 2.79 bits per heavy atom. The quantitative estimate of drug-likeness (QED) is 0.647. The van der Waals surface area contributed by atoms with Gasteiger partial charge in [0, 0.05) is 18.5 Å². The summed E-state index contributed by atoms with van der Waals surface area (Å²) >= 11 is 7.41. The number of nitrogens with zero attached hydrogens (tertiary/aromatic N) is 4. The third-order valence-electron chi connectivity index (χ3n) is 5.09. The van der Waals surface area contributed by atoms with E-state index < -0.39 is 11.9 Å². The molecule has 3 amide bonds. The summed E-state index contributed by atoms with van der Waals surface area (Å²) < 4.78 is 2.32. The minimum atomic E-state index is -0.627. The van der Waals surface area contributed by atoms with Crippen molar-refractivity contribution in [2.75, 3.05) is 0 Å². The first-order valence-electron chi connectivity index (χ1n) is 8.95. The van der Waals surface area contributed by atoms with E-state index in [0.29, 0.717) is 28.6 Å². The molecular formula is C19H14ClN5O3S. The van der Waals surface area contributed by atoms with Gasteiger partial charge < -0.3 is 4.90 Å². The van der Waals surface area contributed by atoms with E-state index in [1.165, 1.54) is 16.2 Å². The Morgan fingerprint density at radius 2 is 2.03 bits per heavy atom. The minimum Gasteiger partial charge on any atom is -0.322 e. The van der Waals surface area contributed by atoms with E-state index >= 15 is 0 Å². The van der Waals surface area contributed by atoms with Crippen LogP contribution >= 0.6 is 22.9 Å². The second kappa shape index (κ2) is 6.78. The van der Waals surface area contributed by atoms with Crippen LogP contribution < -0.4 is 5.32 Å². The molecule has 1 unspecified atom stereocenters. The summed E-state index contributed by atoms with van der Waals surface area (Å²) in [7, 11) is 0. The Hall–Kier alpha value is -3.04. The van der Waals surface area contributed by atoms with Gasteiger partial charge in [-0.15, -0.1) is 16.4 Å². The summed E-state index contributed by atoms with van der Waals surface area (Å²) in [6.45, 7) is 0.316. The van der Waals surface area contributed by atoms with Gasteiger partial charge in [-0.25, -0.2) is 4.68 Å². The first-order valence-corrected chi connectivity index (χ1v) is 10.1. The number of piperidine rings is 1. The zero-order valence-corrected chi connectivity index (χ0v) is 16.5. The van der Waals surface area contributed by atoms with Crippen molar-refractivity contribution in [1.29, 1.82) is 0 Å². The van der Waals surface area contributed by atoms with E-state index in [-0.39, 0.29) is 18.2 Å². The molecule has 1 aromatic carbocycles. The zero-order chi connectivity index (χ0) is 20.1. The maximum absolute atomic E-state index is 12.8. The highest BCUT2D eigenvalue weighted by atomic mass is 35.5. The van der Waals surface area contributed by atoms with Crippen molar-refractivity contribution in [2.24, 2.45) is 0 Å². The van der Waals surface area contributed by atoms with Gasteiger partial charge in [0.2, 0.25) is 11.8 Å². The van der Waals surface area contributed by atoms with Crippen LogP contribution in [0.1, 0.15) is 28.8 Å². The van der Waals surface area contributed by atoms with E-state index in [0.717, 1.165) is 16.1 Å². The van der Waals surface area contributed by atoms with Crippen LogP contribution in [0.2, 0.25) is 4.34 Å². The van der Waals surface area contributed by atoms with Crippen molar-refractivity contribution in [3.63, 3.8) is 0 Å². The standard InChI is InChI=1S/C19H14ClN5O3S/c20-16-5-4-15(29-16)13-9-25(23-22-13)11-1-2-12-10(7-11)8-24(19(12)28)14-3-6-17(26)21-18(14)27/h1-2,4-5,7,9,14H,3,6,8H2,(H,21,26,27). The van der Waals surface area contributed by atoms with E-state index in [9.17, 15) is 14.4 Å². The van der Waals surface area contributed by atoms with Crippen LogP contribution in [-0.4, -0.2) is 43.7 Å². The summed E-state index contributed by atoms with van der Waals surface area (Å²) in [6, 6.07) is 8.48. The van der Waals surface area contributed by atoms with Gasteiger partial charge in [0.1, 0.15) is 11.7 Å². The van der Waals surface area contributed by atoms with Gasteiger partial charge in [-0.05, 0) is 42.3 Å². The van der Waals surface area contributed by atoms with Crippen LogP contribution in [0.25, 0.3) is 16.3 Å². The van der Waals surface area contributed by atoms with Crippen LogP contribution in [-0.2, 0) is 16.1 Å². The highest BCUT2D eigenvalue weighted by Crippen LogP contribution is 2.31. The average molecular weight is 428 g/mol. The molecular weight excluding hydrogens is 414 g/mol. The number of halogens is 1. The molecule has 146 valence electrons. The van der Waals surface area contributed by atoms with Crippen molar-refractivity contribution < 1.29 is 14.4 Å². The molecule has 1 saturated heterocycles. The Morgan fingerprint density at radius 1 is 1.17 bits per heavy atom. The Kier molecular flexibility index (Phi) is 4.21. The fraction of sp³-hybridized carbons (Fsp3) is 0.211. The van der Waals surface area contributed by atoms with Crippen molar-refractivity contribution >= 4 is 40.7 Å². The molecule has 0 aliphatic carbocycles. The molecule has 29 heavy (non-hydrogen) atoms. The number of amides is 3. The number of carbonyl (C=O) groups excluding carboxylic acids is 3. The van der Waals surface area contributed by atoms with Gasteiger partial charge >= 0.3 is 0 Å². The number of hydrogen-bond acceptors (Lipinski definition) is 6. The predicted octanol–water partition coefficient (Wildman–Crippen LogP) is 2.41. The van der Waals surface area contributed by atoms with Gasteiger partial charge in [0.05, 0.1) is 21.1 Å². The molecule has 5 rings (SSSR count). The minimum absolute atomic E-state index is 0.200. The Balaban J connectivity index is 1.41. The molecule has 3 aromatic rings. The first kappa shape index (κ1) is 18.0. The Bertz CT molecular complexity index is 1170. The monoisotopic (exact) mass is 427 g/mol. The van der Waals surface area contributed by atoms with Gasteiger partial charge in [-0.3, -0.25) is 19.7 Å². The molecule has 2 aliphatic rings. The molecule has 1 atom stereocenters. The SMILES string of the molecule is O=C1CCC(N2Cc3cc(-n4cc(-c5ccc(Cl)s5)nn4)ccc3C2=O)C(=O)N1. The zero-order valence-electron chi connectivity index (χ0n) is 15.0. The van der Waals surface area contributed by atoms with Gasteiger partial charge in [0.15, 0.2) is 0 Å². The second-order valence-corrected chi connectivity index (χ2v) is 8.61. The number of thiophene rings is 1. The molecule has 1 N–H and O–H groups in total. The van der Waals surface area contributed by atoms with Crippen molar-refractivity contribution in [3.8, 4) is 16.3 Å². The maximum Gasteiger partial charge on any atom is 0.255 e. The first-order chi connectivity index (χ1) is 14.0. The smallest absolute Gasteiger partial charge is 0.255 e. The number of rotatable bonds is 3.